The molecule has 1 aliphatic rings. The molecular weight excluding hydrogens is 252 g/mol. The molecule has 1 heterocycles. The van der Waals surface area contributed by atoms with Gasteiger partial charge in [0.15, 0.2) is 0 Å². The summed E-state index contributed by atoms with van der Waals surface area (Å²) in [5.41, 5.74) is 0.804. The third-order valence-corrected chi connectivity index (χ3v) is 3.67. The van der Waals surface area contributed by atoms with Gasteiger partial charge in [-0.05, 0) is 38.0 Å². The molecule has 0 radical (unpaired) electrons. The lowest BCUT2D eigenvalue weighted by Crippen LogP contribution is -2.43. The fourth-order valence-corrected chi connectivity index (χ4v) is 2.18. The second kappa shape index (κ2) is 5.63. The van der Waals surface area contributed by atoms with Crippen molar-refractivity contribution in [1.29, 1.82) is 10.5 Å². The largest absolute Gasteiger partial charge is 0.324 e. The summed E-state index contributed by atoms with van der Waals surface area (Å²) in [7, 11) is 0. The normalized spacial score (nSPS) is 16.9. The molecule has 0 saturated carbocycles. The molecule has 1 aromatic carbocycles. The number of urea groups is 1. The van der Waals surface area contributed by atoms with E-state index >= 15 is 0 Å². The van der Waals surface area contributed by atoms with Crippen LogP contribution < -0.4 is 5.32 Å². The van der Waals surface area contributed by atoms with Crippen molar-refractivity contribution in [3.05, 3.63) is 29.8 Å². The number of hydrogen-bond donors (Lipinski definition) is 1. The van der Waals surface area contributed by atoms with Crippen LogP contribution in [0.25, 0.3) is 0 Å². The van der Waals surface area contributed by atoms with E-state index in [2.05, 4.69) is 11.4 Å². The number of benzene rings is 1. The molecule has 0 unspecified atom stereocenters. The number of hydrogen-bond acceptors (Lipinski definition) is 3. The minimum Gasteiger partial charge on any atom is -0.324 e. The van der Waals surface area contributed by atoms with Crippen LogP contribution in [0.5, 0.6) is 0 Å². The van der Waals surface area contributed by atoms with Gasteiger partial charge in [-0.15, -0.1) is 0 Å². The Labute approximate surface area is 118 Å². The number of carbonyl (C=O) groups excluding carboxylic acids is 1. The van der Waals surface area contributed by atoms with Crippen molar-refractivity contribution in [3.63, 3.8) is 0 Å². The van der Waals surface area contributed by atoms with Crippen LogP contribution in [0.1, 0.15) is 25.3 Å². The molecule has 0 spiro atoms. The van der Waals surface area contributed by atoms with Gasteiger partial charge >= 0.3 is 6.03 Å². The molecule has 2 amide bonds. The Balaban J connectivity index is 1.97. The van der Waals surface area contributed by atoms with E-state index < -0.39 is 0 Å². The van der Waals surface area contributed by atoms with E-state index in [0.29, 0.717) is 37.2 Å². The number of amides is 2. The van der Waals surface area contributed by atoms with Gasteiger partial charge in [-0.2, -0.15) is 10.5 Å². The Hall–Kier alpha value is -2.53. The summed E-state index contributed by atoms with van der Waals surface area (Å²) in [4.78, 5) is 13.8. The van der Waals surface area contributed by atoms with Crippen molar-refractivity contribution in [2.45, 2.75) is 19.8 Å². The van der Waals surface area contributed by atoms with Gasteiger partial charge in [0, 0.05) is 18.8 Å². The average Bonchev–Trinajstić information content (AvgIpc) is 2.48. The van der Waals surface area contributed by atoms with Crippen LogP contribution in [-0.4, -0.2) is 24.0 Å². The number of likely N-dealkylation sites (tertiary alicyclic amines) is 1. The van der Waals surface area contributed by atoms with Crippen molar-refractivity contribution in [2.75, 3.05) is 18.4 Å². The first kappa shape index (κ1) is 13.9. The summed E-state index contributed by atoms with van der Waals surface area (Å²) >= 11 is 0. The quantitative estimate of drug-likeness (QED) is 0.850. The standard InChI is InChI=1S/C15H16N4O/c1-15(11-17)5-7-19(8-6-15)14(20)18-13-4-2-3-12(9-13)10-16/h2-4,9H,5-8H2,1H3,(H,18,20). The molecule has 1 aliphatic heterocycles. The van der Waals surface area contributed by atoms with Gasteiger partial charge in [-0.25, -0.2) is 4.79 Å². The molecule has 0 aliphatic carbocycles. The fourth-order valence-electron chi connectivity index (χ4n) is 2.18. The molecular formula is C15H16N4O. The number of nitriles is 2. The summed E-state index contributed by atoms with van der Waals surface area (Å²) in [6.45, 7) is 3.08. The highest BCUT2D eigenvalue weighted by atomic mass is 16.2. The van der Waals surface area contributed by atoms with Crippen LogP contribution in [0.4, 0.5) is 10.5 Å². The lowest BCUT2D eigenvalue weighted by molar-refractivity contribution is 0.166. The smallest absolute Gasteiger partial charge is 0.321 e. The molecule has 0 atom stereocenters. The first-order valence-corrected chi connectivity index (χ1v) is 6.54. The van der Waals surface area contributed by atoms with Crippen LogP contribution in [0.2, 0.25) is 0 Å². The number of rotatable bonds is 1. The third-order valence-electron chi connectivity index (χ3n) is 3.67. The molecule has 0 aromatic heterocycles. The maximum Gasteiger partial charge on any atom is 0.321 e. The van der Waals surface area contributed by atoms with E-state index in [1.165, 1.54) is 0 Å². The van der Waals surface area contributed by atoms with E-state index in [4.69, 9.17) is 10.5 Å². The summed E-state index contributed by atoms with van der Waals surface area (Å²) in [6.07, 6.45) is 1.38. The lowest BCUT2D eigenvalue weighted by Gasteiger charge is -2.34. The van der Waals surface area contributed by atoms with Crippen molar-refractivity contribution in [2.24, 2.45) is 5.41 Å². The van der Waals surface area contributed by atoms with E-state index in [9.17, 15) is 4.79 Å². The van der Waals surface area contributed by atoms with Crippen molar-refractivity contribution < 1.29 is 4.79 Å². The van der Waals surface area contributed by atoms with Crippen molar-refractivity contribution in [3.8, 4) is 12.1 Å². The molecule has 5 nitrogen and oxygen atoms in total. The number of piperidine rings is 1. The zero-order valence-electron chi connectivity index (χ0n) is 11.4. The Bertz CT molecular complexity index is 589. The summed E-state index contributed by atoms with van der Waals surface area (Å²) in [5, 5.41) is 20.7. The second-order valence-electron chi connectivity index (χ2n) is 5.28. The molecule has 0 bridgehead atoms. The highest BCUT2D eigenvalue weighted by Gasteiger charge is 2.31. The Morgan fingerprint density at radius 3 is 2.65 bits per heavy atom. The van der Waals surface area contributed by atoms with Crippen LogP contribution in [-0.2, 0) is 0 Å². The van der Waals surface area contributed by atoms with Gasteiger partial charge in [-0.1, -0.05) is 6.07 Å². The SMILES string of the molecule is CC1(C#N)CCN(C(=O)Nc2cccc(C#N)c2)CC1. The predicted molar refractivity (Wildman–Crippen MR) is 74.7 cm³/mol. The molecule has 1 N–H and O–H groups in total. The second-order valence-corrected chi connectivity index (χ2v) is 5.28. The number of anilines is 1. The van der Waals surface area contributed by atoms with E-state index in [-0.39, 0.29) is 11.4 Å². The van der Waals surface area contributed by atoms with Crippen LogP contribution in [0.3, 0.4) is 0 Å². The number of nitrogens with one attached hydrogen (secondary N) is 1. The maximum absolute atomic E-state index is 12.1. The highest BCUT2D eigenvalue weighted by Crippen LogP contribution is 2.29. The zero-order chi connectivity index (χ0) is 14.6. The molecule has 1 fully saturated rings. The topological polar surface area (TPSA) is 79.9 Å². The molecule has 1 saturated heterocycles. The summed E-state index contributed by atoms with van der Waals surface area (Å²) < 4.78 is 0. The minimum absolute atomic E-state index is 0.180. The predicted octanol–water partition coefficient (Wildman–Crippen LogP) is 2.72. The van der Waals surface area contributed by atoms with E-state index in [1.54, 1.807) is 29.2 Å². The number of carbonyl (C=O) groups is 1. The fraction of sp³-hybridized carbons (Fsp3) is 0.400. The van der Waals surface area contributed by atoms with Crippen LogP contribution in [0.15, 0.2) is 24.3 Å². The van der Waals surface area contributed by atoms with Gasteiger partial charge in [-0.3, -0.25) is 0 Å². The molecule has 2 rings (SSSR count). The first-order chi connectivity index (χ1) is 9.56. The number of nitrogens with zero attached hydrogens (tertiary/aromatic N) is 3. The zero-order valence-corrected chi connectivity index (χ0v) is 11.4. The van der Waals surface area contributed by atoms with E-state index in [0.717, 1.165) is 0 Å². The average molecular weight is 268 g/mol. The first-order valence-electron chi connectivity index (χ1n) is 6.54. The maximum atomic E-state index is 12.1. The van der Waals surface area contributed by atoms with Gasteiger partial charge in [0.2, 0.25) is 0 Å². The van der Waals surface area contributed by atoms with Gasteiger partial charge in [0.25, 0.3) is 0 Å². The Morgan fingerprint density at radius 1 is 1.35 bits per heavy atom. The Morgan fingerprint density at radius 2 is 2.05 bits per heavy atom. The van der Waals surface area contributed by atoms with Crippen LogP contribution in [0, 0.1) is 28.1 Å². The van der Waals surface area contributed by atoms with Crippen LogP contribution >= 0.6 is 0 Å². The molecule has 102 valence electrons. The van der Waals surface area contributed by atoms with Gasteiger partial charge in [0.05, 0.1) is 23.1 Å². The third kappa shape index (κ3) is 3.07. The van der Waals surface area contributed by atoms with Crippen molar-refractivity contribution in [1.82, 2.24) is 4.90 Å². The minimum atomic E-state index is -0.322. The monoisotopic (exact) mass is 268 g/mol. The highest BCUT2D eigenvalue weighted by molar-refractivity contribution is 5.89. The molecule has 5 heteroatoms. The van der Waals surface area contributed by atoms with Crippen molar-refractivity contribution >= 4 is 11.7 Å². The molecule has 20 heavy (non-hydrogen) atoms. The summed E-state index contributed by atoms with van der Waals surface area (Å²) in [5.74, 6) is 0. The van der Waals surface area contributed by atoms with Gasteiger partial charge < -0.3 is 10.2 Å². The lowest BCUT2D eigenvalue weighted by atomic mass is 9.82. The summed E-state index contributed by atoms with van der Waals surface area (Å²) in [6, 6.07) is 11.0. The Kier molecular flexibility index (Phi) is 3.91. The molecule has 1 aromatic rings. The van der Waals surface area contributed by atoms with E-state index in [1.807, 2.05) is 13.0 Å². The van der Waals surface area contributed by atoms with Gasteiger partial charge in [0.1, 0.15) is 0 Å².